The molecule has 1 saturated carbocycles. The lowest BCUT2D eigenvalue weighted by molar-refractivity contribution is -0.123. The van der Waals surface area contributed by atoms with E-state index in [0.29, 0.717) is 12.0 Å². The third-order valence-corrected chi connectivity index (χ3v) is 5.74. The fourth-order valence-electron chi connectivity index (χ4n) is 3.73. The topological polar surface area (TPSA) is 41.1 Å². The molecule has 3 rings (SSSR count). The molecule has 2 aliphatic rings. The van der Waals surface area contributed by atoms with E-state index in [1.807, 2.05) is 24.3 Å². The predicted octanol–water partition coefficient (Wildman–Crippen LogP) is 3.55. The van der Waals surface area contributed by atoms with Crippen molar-refractivity contribution >= 4 is 29.9 Å². The number of piperidine rings is 1. The average molecular weight is 357 g/mol. The lowest BCUT2D eigenvalue weighted by Crippen LogP contribution is -2.39. The molecular formula is C18H26Cl2N2O. The summed E-state index contributed by atoms with van der Waals surface area (Å²) in [6.07, 6.45) is 3.34. The molecule has 1 atom stereocenters. The molecule has 0 bridgehead atoms. The van der Waals surface area contributed by atoms with Crippen LogP contribution in [0, 0.1) is 11.3 Å². The van der Waals surface area contributed by atoms with Crippen molar-refractivity contribution in [3.63, 3.8) is 0 Å². The van der Waals surface area contributed by atoms with E-state index in [1.165, 1.54) is 0 Å². The van der Waals surface area contributed by atoms with Crippen molar-refractivity contribution in [3.05, 3.63) is 34.9 Å². The number of hydrogen-bond acceptors (Lipinski definition) is 2. The largest absolute Gasteiger partial charge is 0.355 e. The molecule has 1 aromatic rings. The van der Waals surface area contributed by atoms with Crippen molar-refractivity contribution in [2.45, 2.75) is 38.5 Å². The van der Waals surface area contributed by atoms with Gasteiger partial charge in [0.1, 0.15) is 0 Å². The molecule has 0 aromatic heterocycles. The Morgan fingerprint density at radius 2 is 2.00 bits per heavy atom. The van der Waals surface area contributed by atoms with Gasteiger partial charge in [-0.2, -0.15) is 0 Å². The van der Waals surface area contributed by atoms with Crippen molar-refractivity contribution in [3.8, 4) is 0 Å². The second-order valence-corrected chi connectivity index (χ2v) is 7.86. The Bertz CT molecular complexity index is 568. The van der Waals surface area contributed by atoms with Crippen LogP contribution in [0.3, 0.4) is 0 Å². The van der Waals surface area contributed by atoms with E-state index in [0.717, 1.165) is 42.9 Å². The highest BCUT2D eigenvalue weighted by atomic mass is 35.5. The highest BCUT2D eigenvalue weighted by Crippen LogP contribution is 2.58. The normalized spacial score (nSPS) is 22.3. The van der Waals surface area contributed by atoms with Crippen LogP contribution < -0.4 is 10.6 Å². The smallest absolute Gasteiger partial charge is 0.223 e. The third kappa shape index (κ3) is 3.84. The molecule has 1 aromatic carbocycles. The molecule has 0 radical (unpaired) electrons. The number of halogens is 2. The summed E-state index contributed by atoms with van der Waals surface area (Å²) in [4.78, 5) is 12.5. The fourth-order valence-corrected chi connectivity index (χ4v) is 4.12. The molecule has 1 aliphatic carbocycles. The van der Waals surface area contributed by atoms with Gasteiger partial charge in [-0.1, -0.05) is 43.6 Å². The van der Waals surface area contributed by atoms with Gasteiger partial charge in [0, 0.05) is 22.9 Å². The monoisotopic (exact) mass is 356 g/mol. The Morgan fingerprint density at radius 1 is 1.35 bits per heavy atom. The first-order chi connectivity index (χ1) is 10.4. The fraction of sp³-hybridized carbons (Fsp3) is 0.611. The maximum Gasteiger partial charge on any atom is 0.223 e. The number of hydrogen-bond donors (Lipinski definition) is 2. The summed E-state index contributed by atoms with van der Waals surface area (Å²) in [6, 6.07) is 7.88. The maximum atomic E-state index is 12.5. The summed E-state index contributed by atoms with van der Waals surface area (Å²) in [6.45, 7) is 6.98. The number of carbonyl (C=O) groups excluding carboxylic acids is 1. The summed E-state index contributed by atoms with van der Waals surface area (Å²) < 4.78 is 0. The van der Waals surface area contributed by atoms with E-state index in [1.54, 1.807) is 0 Å². The number of carbonyl (C=O) groups is 1. The van der Waals surface area contributed by atoms with Gasteiger partial charge in [0.05, 0.1) is 0 Å². The third-order valence-electron chi connectivity index (χ3n) is 5.41. The van der Waals surface area contributed by atoms with Gasteiger partial charge in [-0.15, -0.1) is 12.4 Å². The molecule has 3 nitrogen and oxygen atoms in total. The Morgan fingerprint density at radius 3 is 2.65 bits per heavy atom. The lowest BCUT2D eigenvalue weighted by Gasteiger charge is -2.27. The summed E-state index contributed by atoms with van der Waals surface area (Å²) in [7, 11) is 0. The summed E-state index contributed by atoms with van der Waals surface area (Å²) in [5, 5.41) is 7.31. The van der Waals surface area contributed by atoms with Crippen molar-refractivity contribution in [1.29, 1.82) is 0 Å². The highest BCUT2D eigenvalue weighted by molar-refractivity contribution is 6.31. The second kappa shape index (κ2) is 7.00. The van der Waals surface area contributed by atoms with Gasteiger partial charge < -0.3 is 10.6 Å². The minimum atomic E-state index is -0.163. The van der Waals surface area contributed by atoms with Gasteiger partial charge in [-0.3, -0.25) is 4.79 Å². The molecule has 23 heavy (non-hydrogen) atoms. The van der Waals surface area contributed by atoms with E-state index in [-0.39, 0.29) is 29.6 Å². The Kier molecular flexibility index (Phi) is 5.65. The molecule has 5 heteroatoms. The summed E-state index contributed by atoms with van der Waals surface area (Å²) in [5.41, 5.74) is 1.22. The van der Waals surface area contributed by atoms with Gasteiger partial charge in [-0.25, -0.2) is 0 Å². The molecule has 1 saturated heterocycles. The number of amides is 1. The van der Waals surface area contributed by atoms with Gasteiger partial charge in [0.15, 0.2) is 0 Å². The van der Waals surface area contributed by atoms with Crippen molar-refractivity contribution in [1.82, 2.24) is 10.6 Å². The van der Waals surface area contributed by atoms with Gasteiger partial charge in [0.2, 0.25) is 5.91 Å². The van der Waals surface area contributed by atoms with Crippen LogP contribution in [0.2, 0.25) is 5.02 Å². The number of nitrogens with one attached hydrogen (secondary N) is 2. The second-order valence-electron chi connectivity index (χ2n) is 7.45. The van der Waals surface area contributed by atoms with Crippen LogP contribution in [-0.4, -0.2) is 25.5 Å². The quantitative estimate of drug-likeness (QED) is 0.865. The van der Waals surface area contributed by atoms with E-state index >= 15 is 0 Å². The molecule has 2 fully saturated rings. The van der Waals surface area contributed by atoms with Crippen molar-refractivity contribution in [2.75, 3.05) is 19.6 Å². The highest BCUT2D eigenvalue weighted by Gasteiger charge is 2.57. The van der Waals surface area contributed by atoms with Gasteiger partial charge >= 0.3 is 0 Å². The Labute approximate surface area is 150 Å². The molecule has 1 heterocycles. The van der Waals surface area contributed by atoms with Gasteiger partial charge in [0.25, 0.3) is 0 Å². The number of benzene rings is 1. The van der Waals surface area contributed by atoms with Crippen LogP contribution in [0.25, 0.3) is 0 Å². The van der Waals surface area contributed by atoms with Crippen LogP contribution in [0.1, 0.15) is 38.7 Å². The SMILES string of the molecule is CC(C)(CNC(=O)C1CC12CCNCC2)c1ccccc1Cl.Cl. The predicted molar refractivity (Wildman–Crippen MR) is 97.4 cm³/mol. The zero-order valence-corrected chi connectivity index (χ0v) is 15.4. The maximum absolute atomic E-state index is 12.5. The number of rotatable bonds is 4. The Hall–Kier alpha value is -0.770. The molecule has 128 valence electrons. The zero-order valence-electron chi connectivity index (χ0n) is 13.8. The van der Waals surface area contributed by atoms with Crippen LogP contribution in [0.15, 0.2) is 24.3 Å². The van der Waals surface area contributed by atoms with E-state index < -0.39 is 0 Å². The first-order valence-electron chi connectivity index (χ1n) is 8.18. The summed E-state index contributed by atoms with van der Waals surface area (Å²) in [5.74, 6) is 0.443. The van der Waals surface area contributed by atoms with Crippen LogP contribution >= 0.6 is 24.0 Å². The van der Waals surface area contributed by atoms with E-state index in [2.05, 4.69) is 24.5 Å². The first-order valence-corrected chi connectivity index (χ1v) is 8.56. The lowest BCUT2D eigenvalue weighted by atomic mass is 9.84. The van der Waals surface area contributed by atoms with E-state index in [9.17, 15) is 4.79 Å². The standard InChI is InChI=1S/C18H25ClN2O.ClH/c1-17(2,13-5-3-4-6-15(13)19)12-21-16(22)14-11-18(14)7-9-20-10-8-18;/h3-6,14,20H,7-12H2,1-2H3,(H,21,22);1H. The van der Waals surface area contributed by atoms with Crippen LogP contribution in [0.5, 0.6) is 0 Å². The molecule has 1 spiro atoms. The zero-order chi connectivity index (χ0) is 15.8. The molecular weight excluding hydrogens is 331 g/mol. The minimum Gasteiger partial charge on any atom is -0.355 e. The van der Waals surface area contributed by atoms with Crippen LogP contribution in [0.4, 0.5) is 0 Å². The molecule has 1 unspecified atom stereocenters. The minimum absolute atomic E-state index is 0. The van der Waals surface area contributed by atoms with Crippen LogP contribution in [-0.2, 0) is 10.2 Å². The average Bonchev–Trinajstić information content (AvgIpc) is 3.19. The van der Waals surface area contributed by atoms with E-state index in [4.69, 9.17) is 11.6 Å². The van der Waals surface area contributed by atoms with Crippen molar-refractivity contribution in [2.24, 2.45) is 11.3 Å². The van der Waals surface area contributed by atoms with Gasteiger partial charge in [-0.05, 0) is 49.4 Å². The first kappa shape index (κ1) is 18.6. The molecule has 1 aliphatic heterocycles. The molecule has 1 amide bonds. The van der Waals surface area contributed by atoms with Crippen molar-refractivity contribution < 1.29 is 4.79 Å². The summed E-state index contributed by atoms with van der Waals surface area (Å²) >= 11 is 6.30. The Balaban J connectivity index is 0.00000192. The molecule has 2 N–H and O–H groups in total.